The molecule has 80 valence electrons. The van der Waals surface area contributed by atoms with Crippen LogP contribution in [0.5, 0.6) is 5.75 Å². The van der Waals surface area contributed by atoms with Gasteiger partial charge in [0.1, 0.15) is 5.75 Å². The molecule has 0 N–H and O–H groups in total. The van der Waals surface area contributed by atoms with Crippen molar-refractivity contribution in [3.8, 4) is 5.75 Å². The molecule has 0 radical (unpaired) electrons. The maximum atomic E-state index is 5.50. The van der Waals surface area contributed by atoms with E-state index in [0.717, 1.165) is 17.6 Å². The van der Waals surface area contributed by atoms with Gasteiger partial charge in [0, 0.05) is 5.56 Å². The van der Waals surface area contributed by atoms with Crippen LogP contribution >= 0.6 is 0 Å². The first-order valence-electron chi connectivity index (χ1n) is 5.82. The minimum absolute atomic E-state index is 0.500. The Morgan fingerprint density at radius 1 is 1.33 bits per heavy atom. The fraction of sp³-hybridized carbons (Fsp3) is 0.571. The summed E-state index contributed by atoms with van der Waals surface area (Å²) in [7, 11) is 1.79. The summed E-state index contributed by atoms with van der Waals surface area (Å²) < 4.78 is 5.50. The summed E-state index contributed by atoms with van der Waals surface area (Å²) in [6, 6.07) is 6.49. The van der Waals surface area contributed by atoms with Crippen LogP contribution in [-0.4, -0.2) is 7.11 Å². The fourth-order valence-corrected chi connectivity index (χ4v) is 3.51. The van der Waals surface area contributed by atoms with Crippen LogP contribution in [0.25, 0.3) is 0 Å². The van der Waals surface area contributed by atoms with E-state index >= 15 is 0 Å². The average Bonchev–Trinajstić information content (AvgIpc) is 2.81. The Bertz CT molecular complexity index is 392. The maximum Gasteiger partial charge on any atom is 0.122 e. The smallest absolute Gasteiger partial charge is 0.122 e. The third-order valence-electron chi connectivity index (χ3n) is 4.46. The minimum atomic E-state index is 0.500. The van der Waals surface area contributed by atoms with E-state index in [1.165, 1.54) is 24.0 Å². The van der Waals surface area contributed by atoms with Gasteiger partial charge >= 0.3 is 0 Å². The van der Waals surface area contributed by atoms with E-state index in [1.54, 1.807) is 7.11 Å². The summed E-state index contributed by atoms with van der Waals surface area (Å²) in [4.78, 5) is 0. The van der Waals surface area contributed by atoms with E-state index in [2.05, 4.69) is 32.0 Å². The molecule has 15 heavy (non-hydrogen) atoms. The van der Waals surface area contributed by atoms with E-state index in [9.17, 15) is 0 Å². The van der Waals surface area contributed by atoms with Crippen LogP contribution in [0.15, 0.2) is 18.2 Å². The second-order valence-corrected chi connectivity index (χ2v) is 5.48. The molecule has 1 saturated carbocycles. The third kappa shape index (κ3) is 1.09. The SMILES string of the molecule is COc1cccc2c1[C@@H]1[C@H](CC2)C1(C)C. The highest BCUT2D eigenvalue weighted by Gasteiger charge is 2.60. The molecule has 0 saturated heterocycles. The van der Waals surface area contributed by atoms with Crippen molar-refractivity contribution >= 4 is 0 Å². The molecule has 0 unspecified atom stereocenters. The van der Waals surface area contributed by atoms with Gasteiger partial charge in [0.05, 0.1) is 7.11 Å². The number of benzene rings is 1. The molecule has 0 aromatic heterocycles. The average molecular weight is 202 g/mol. The van der Waals surface area contributed by atoms with Gasteiger partial charge in [-0.15, -0.1) is 0 Å². The highest BCUT2D eigenvalue weighted by molar-refractivity contribution is 5.50. The number of fused-ring (bicyclic) bond motifs is 3. The van der Waals surface area contributed by atoms with Crippen molar-refractivity contribution in [3.63, 3.8) is 0 Å². The Morgan fingerprint density at radius 2 is 2.13 bits per heavy atom. The zero-order valence-electron chi connectivity index (χ0n) is 9.71. The molecule has 1 aromatic rings. The summed E-state index contributed by atoms with van der Waals surface area (Å²) >= 11 is 0. The zero-order chi connectivity index (χ0) is 10.6. The topological polar surface area (TPSA) is 9.23 Å². The van der Waals surface area contributed by atoms with E-state index in [0.29, 0.717) is 5.41 Å². The second kappa shape index (κ2) is 2.78. The van der Waals surface area contributed by atoms with Crippen molar-refractivity contribution < 1.29 is 4.74 Å². The van der Waals surface area contributed by atoms with Gasteiger partial charge in [0.15, 0.2) is 0 Å². The van der Waals surface area contributed by atoms with Crippen molar-refractivity contribution in [2.45, 2.75) is 32.6 Å². The van der Waals surface area contributed by atoms with Gasteiger partial charge < -0.3 is 4.74 Å². The molecule has 2 aliphatic rings. The molecule has 0 heterocycles. The van der Waals surface area contributed by atoms with Gasteiger partial charge in [-0.25, -0.2) is 0 Å². The molecule has 1 nitrogen and oxygen atoms in total. The summed E-state index contributed by atoms with van der Waals surface area (Å²) in [5.41, 5.74) is 3.52. The minimum Gasteiger partial charge on any atom is -0.496 e. The molecular formula is C14H18O. The molecule has 1 aromatic carbocycles. The Kier molecular flexibility index (Phi) is 1.72. The number of rotatable bonds is 1. The highest BCUT2D eigenvalue weighted by Crippen LogP contribution is 2.69. The number of aryl methyl sites for hydroxylation is 1. The van der Waals surface area contributed by atoms with E-state index in [1.807, 2.05) is 0 Å². The molecule has 1 heteroatoms. The Morgan fingerprint density at radius 3 is 2.87 bits per heavy atom. The first-order valence-corrected chi connectivity index (χ1v) is 5.82. The van der Waals surface area contributed by atoms with E-state index in [-0.39, 0.29) is 0 Å². The van der Waals surface area contributed by atoms with Gasteiger partial charge in [-0.1, -0.05) is 26.0 Å². The molecule has 1 fully saturated rings. The fourth-order valence-electron chi connectivity index (χ4n) is 3.51. The summed E-state index contributed by atoms with van der Waals surface area (Å²) in [6.45, 7) is 4.79. The van der Waals surface area contributed by atoms with Gasteiger partial charge in [-0.3, -0.25) is 0 Å². The van der Waals surface area contributed by atoms with Crippen LogP contribution in [0.4, 0.5) is 0 Å². The van der Waals surface area contributed by atoms with Gasteiger partial charge in [-0.05, 0) is 41.7 Å². The van der Waals surface area contributed by atoms with Crippen LogP contribution in [0, 0.1) is 11.3 Å². The van der Waals surface area contributed by atoms with Crippen LogP contribution in [0.3, 0.4) is 0 Å². The lowest BCUT2D eigenvalue weighted by Crippen LogP contribution is -2.03. The van der Waals surface area contributed by atoms with Crippen molar-refractivity contribution in [2.24, 2.45) is 11.3 Å². The second-order valence-electron chi connectivity index (χ2n) is 5.48. The van der Waals surface area contributed by atoms with Gasteiger partial charge in [0.25, 0.3) is 0 Å². The van der Waals surface area contributed by atoms with Gasteiger partial charge in [-0.2, -0.15) is 0 Å². The Labute approximate surface area is 91.5 Å². The first-order chi connectivity index (χ1) is 7.16. The highest BCUT2D eigenvalue weighted by atomic mass is 16.5. The van der Waals surface area contributed by atoms with Crippen molar-refractivity contribution in [1.29, 1.82) is 0 Å². The third-order valence-corrected chi connectivity index (χ3v) is 4.46. The standard InChI is InChI=1S/C14H18O/c1-14(2)10-8-7-9-5-4-6-11(15-3)12(9)13(10)14/h4-6,10,13H,7-8H2,1-3H3/t10-,13-/m0/s1. The number of ether oxygens (including phenoxy) is 1. The lowest BCUT2D eigenvalue weighted by molar-refractivity contribution is 0.406. The molecule has 3 rings (SSSR count). The lowest BCUT2D eigenvalue weighted by Gasteiger charge is -2.17. The molecule has 0 aliphatic heterocycles. The number of methoxy groups -OCH3 is 1. The zero-order valence-corrected chi connectivity index (χ0v) is 9.71. The normalized spacial score (nSPS) is 30.3. The van der Waals surface area contributed by atoms with Crippen LogP contribution in [0.2, 0.25) is 0 Å². The summed E-state index contributed by atoms with van der Waals surface area (Å²) in [6.07, 6.45) is 2.59. The van der Waals surface area contributed by atoms with Crippen LogP contribution in [0.1, 0.15) is 37.3 Å². The van der Waals surface area contributed by atoms with Crippen LogP contribution in [-0.2, 0) is 6.42 Å². The van der Waals surface area contributed by atoms with Crippen LogP contribution < -0.4 is 4.74 Å². The lowest BCUT2D eigenvalue weighted by atomic mass is 9.91. The van der Waals surface area contributed by atoms with E-state index in [4.69, 9.17) is 4.74 Å². The largest absolute Gasteiger partial charge is 0.496 e. The quantitative estimate of drug-likeness (QED) is 0.678. The number of hydrogen-bond donors (Lipinski definition) is 0. The summed E-state index contributed by atoms with van der Waals surface area (Å²) in [5, 5.41) is 0. The molecular weight excluding hydrogens is 184 g/mol. The molecule has 0 spiro atoms. The Hall–Kier alpha value is -0.980. The first kappa shape index (κ1) is 9.26. The number of hydrogen-bond acceptors (Lipinski definition) is 1. The maximum absolute atomic E-state index is 5.50. The van der Waals surface area contributed by atoms with Crippen molar-refractivity contribution in [3.05, 3.63) is 29.3 Å². The van der Waals surface area contributed by atoms with E-state index < -0.39 is 0 Å². The molecule has 2 atom stereocenters. The molecule has 2 aliphatic carbocycles. The van der Waals surface area contributed by atoms with Crippen molar-refractivity contribution in [1.82, 2.24) is 0 Å². The predicted octanol–water partition coefficient (Wildman–Crippen LogP) is 3.38. The molecule has 0 amide bonds. The molecule has 0 bridgehead atoms. The predicted molar refractivity (Wildman–Crippen MR) is 61.3 cm³/mol. The summed E-state index contributed by atoms with van der Waals surface area (Å²) in [5.74, 6) is 2.74. The van der Waals surface area contributed by atoms with Gasteiger partial charge in [0.2, 0.25) is 0 Å². The van der Waals surface area contributed by atoms with Crippen molar-refractivity contribution in [2.75, 3.05) is 7.11 Å². The monoisotopic (exact) mass is 202 g/mol. The Balaban J connectivity index is 2.13.